The van der Waals surface area contributed by atoms with Crippen molar-refractivity contribution in [2.24, 2.45) is 11.8 Å². The maximum atomic E-state index is 11.7. The number of nitrogens with zero attached hydrogens (tertiary/aromatic N) is 3. The molecule has 7 heteroatoms. The topological polar surface area (TPSA) is 97.1 Å². The first-order valence-corrected chi connectivity index (χ1v) is 5.78. The lowest BCUT2D eigenvalue weighted by Crippen LogP contribution is -2.31. The van der Waals surface area contributed by atoms with Crippen molar-refractivity contribution in [3.63, 3.8) is 0 Å². The molecule has 0 saturated carbocycles. The molecule has 0 bridgehead atoms. The van der Waals surface area contributed by atoms with E-state index in [0.717, 1.165) is 0 Å². The van der Waals surface area contributed by atoms with E-state index in [1.165, 1.54) is 10.9 Å². The van der Waals surface area contributed by atoms with E-state index in [9.17, 15) is 9.59 Å². The van der Waals surface area contributed by atoms with Crippen molar-refractivity contribution >= 4 is 11.9 Å². The van der Waals surface area contributed by atoms with Crippen molar-refractivity contribution in [1.29, 1.82) is 0 Å². The maximum Gasteiger partial charge on any atom is 0.325 e. The first-order valence-electron chi connectivity index (χ1n) is 5.78. The monoisotopic (exact) mass is 254 g/mol. The summed E-state index contributed by atoms with van der Waals surface area (Å²) in [6.45, 7) is 5.85. The molecule has 1 atom stereocenters. The molecule has 1 unspecified atom stereocenters. The summed E-state index contributed by atoms with van der Waals surface area (Å²) in [5.74, 6) is -0.826. The number of nitrogens with one attached hydrogen (secondary N) is 1. The Kier molecular flexibility index (Phi) is 4.82. The van der Waals surface area contributed by atoms with Gasteiger partial charge in [0.1, 0.15) is 12.2 Å². The van der Waals surface area contributed by atoms with E-state index in [0.29, 0.717) is 5.69 Å². The van der Waals surface area contributed by atoms with Crippen LogP contribution in [0.1, 0.15) is 26.5 Å². The molecular weight excluding hydrogens is 236 g/mol. The molecular formula is C11H18N4O3. The number of aliphatic carboxylic acids is 1. The smallest absolute Gasteiger partial charge is 0.325 e. The number of amides is 1. The van der Waals surface area contributed by atoms with Gasteiger partial charge in [0.25, 0.3) is 0 Å². The molecule has 0 aliphatic heterocycles. The Morgan fingerprint density at radius 1 is 1.44 bits per heavy atom. The Hall–Kier alpha value is -1.92. The summed E-state index contributed by atoms with van der Waals surface area (Å²) in [5, 5.41) is 18.7. The van der Waals surface area contributed by atoms with E-state index in [-0.39, 0.29) is 30.8 Å². The van der Waals surface area contributed by atoms with Gasteiger partial charge in [-0.05, 0) is 5.92 Å². The highest BCUT2D eigenvalue weighted by molar-refractivity contribution is 5.78. The largest absolute Gasteiger partial charge is 0.480 e. The predicted octanol–water partition coefficient (Wildman–Crippen LogP) is 0.271. The van der Waals surface area contributed by atoms with Gasteiger partial charge in [-0.1, -0.05) is 26.0 Å². The Bertz CT molecular complexity index is 428. The molecule has 100 valence electrons. The lowest BCUT2D eigenvalue weighted by Gasteiger charge is -2.14. The normalized spacial score (nSPS) is 12.4. The average Bonchev–Trinajstić information content (AvgIpc) is 2.71. The number of hydrogen-bond acceptors (Lipinski definition) is 4. The molecule has 1 heterocycles. The highest BCUT2D eigenvalue weighted by Gasteiger charge is 2.16. The van der Waals surface area contributed by atoms with E-state index in [1.807, 2.05) is 20.8 Å². The van der Waals surface area contributed by atoms with Crippen molar-refractivity contribution in [2.45, 2.75) is 33.9 Å². The standard InChI is InChI=1S/C11H18N4O3/c1-7(2)8(3)11(18)12-4-9-5-15(14-13-9)6-10(16)17/h5,7-8H,4,6H2,1-3H3,(H,12,18)(H,16,17). The van der Waals surface area contributed by atoms with E-state index < -0.39 is 5.97 Å². The fraction of sp³-hybridized carbons (Fsp3) is 0.636. The van der Waals surface area contributed by atoms with Crippen molar-refractivity contribution in [3.05, 3.63) is 11.9 Å². The van der Waals surface area contributed by atoms with Crippen LogP contribution in [0.4, 0.5) is 0 Å². The van der Waals surface area contributed by atoms with Gasteiger partial charge in [0.05, 0.1) is 12.7 Å². The van der Waals surface area contributed by atoms with Crippen LogP contribution in [-0.4, -0.2) is 32.0 Å². The molecule has 1 rings (SSSR count). The Balaban J connectivity index is 2.46. The summed E-state index contributed by atoms with van der Waals surface area (Å²) < 4.78 is 1.22. The van der Waals surface area contributed by atoms with Gasteiger partial charge in [-0.2, -0.15) is 0 Å². The highest BCUT2D eigenvalue weighted by atomic mass is 16.4. The number of hydrogen-bond donors (Lipinski definition) is 2. The third kappa shape index (κ3) is 4.15. The Labute approximate surface area is 105 Å². The van der Waals surface area contributed by atoms with Crippen LogP contribution in [0.25, 0.3) is 0 Å². The fourth-order valence-electron chi connectivity index (χ4n) is 1.28. The third-order valence-electron chi connectivity index (χ3n) is 2.74. The van der Waals surface area contributed by atoms with Crippen LogP contribution in [0.2, 0.25) is 0 Å². The lowest BCUT2D eigenvalue weighted by molar-refractivity contribution is -0.138. The van der Waals surface area contributed by atoms with Gasteiger partial charge in [-0.15, -0.1) is 5.10 Å². The number of carboxylic acid groups (broad SMARTS) is 1. The van der Waals surface area contributed by atoms with Crippen molar-refractivity contribution in [3.8, 4) is 0 Å². The second kappa shape index (κ2) is 6.13. The van der Waals surface area contributed by atoms with Gasteiger partial charge in [-0.3, -0.25) is 9.59 Å². The molecule has 0 fully saturated rings. The summed E-state index contributed by atoms with van der Waals surface area (Å²) in [6, 6.07) is 0. The SMILES string of the molecule is CC(C)C(C)C(=O)NCc1cn(CC(=O)O)nn1. The summed E-state index contributed by atoms with van der Waals surface area (Å²) in [6.07, 6.45) is 1.51. The van der Waals surface area contributed by atoms with Crippen molar-refractivity contribution in [2.75, 3.05) is 0 Å². The molecule has 0 aliphatic rings. The number of carbonyl (C=O) groups excluding carboxylic acids is 1. The van der Waals surface area contributed by atoms with Crippen molar-refractivity contribution < 1.29 is 14.7 Å². The molecule has 1 aromatic heterocycles. The van der Waals surface area contributed by atoms with Crippen LogP contribution < -0.4 is 5.32 Å². The van der Waals surface area contributed by atoms with Gasteiger partial charge >= 0.3 is 5.97 Å². The molecule has 0 saturated heterocycles. The number of carbonyl (C=O) groups is 2. The number of aromatic nitrogens is 3. The Morgan fingerprint density at radius 3 is 2.67 bits per heavy atom. The third-order valence-corrected chi connectivity index (χ3v) is 2.74. The molecule has 0 aliphatic carbocycles. The zero-order valence-corrected chi connectivity index (χ0v) is 10.8. The average molecular weight is 254 g/mol. The summed E-state index contributed by atoms with van der Waals surface area (Å²) in [7, 11) is 0. The molecule has 0 spiro atoms. The first-order chi connectivity index (χ1) is 8.40. The van der Waals surface area contributed by atoms with Gasteiger partial charge < -0.3 is 10.4 Å². The molecule has 0 aromatic carbocycles. The number of rotatable bonds is 6. The molecule has 7 nitrogen and oxygen atoms in total. The van der Waals surface area contributed by atoms with Gasteiger partial charge in [0.15, 0.2) is 0 Å². The van der Waals surface area contributed by atoms with E-state index in [1.54, 1.807) is 0 Å². The van der Waals surface area contributed by atoms with E-state index in [4.69, 9.17) is 5.11 Å². The van der Waals surface area contributed by atoms with Crippen LogP contribution in [0.15, 0.2) is 6.20 Å². The molecule has 1 aromatic rings. The minimum atomic E-state index is -0.982. The zero-order chi connectivity index (χ0) is 13.7. The van der Waals surface area contributed by atoms with Gasteiger partial charge in [0, 0.05) is 5.92 Å². The lowest BCUT2D eigenvalue weighted by atomic mass is 9.97. The highest BCUT2D eigenvalue weighted by Crippen LogP contribution is 2.09. The molecule has 2 N–H and O–H groups in total. The minimum absolute atomic E-state index is 0.0437. The Morgan fingerprint density at radius 2 is 2.11 bits per heavy atom. The maximum absolute atomic E-state index is 11.7. The summed E-state index contributed by atoms with van der Waals surface area (Å²) in [4.78, 5) is 22.1. The predicted molar refractivity (Wildman–Crippen MR) is 63.5 cm³/mol. The first kappa shape index (κ1) is 14.1. The van der Waals surface area contributed by atoms with Crippen LogP contribution in [0.3, 0.4) is 0 Å². The summed E-state index contributed by atoms with van der Waals surface area (Å²) >= 11 is 0. The van der Waals surface area contributed by atoms with Gasteiger partial charge in [0.2, 0.25) is 5.91 Å². The van der Waals surface area contributed by atoms with Crippen LogP contribution in [0.5, 0.6) is 0 Å². The quantitative estimate of drug-likeness (QED) is 0.759. The summed E-state index contributed by atoms with van der Waals surface area (Å²) in [5.41, 5.74) is 0.542. The minimum Gasteiger partial charge on any atom is -0.480 e. The van der Waals surface area contributed by atoms with E-state index in [2.05, 4.69) is 15.6 Å². The second-order valence-corrected chi connectivity index (χ2v) is 4.55. The van der Waals surface area contributed by atoms with Crippen LogP contribution in [-0.2, 0) is 22.7 Å². The van der Waals surface area contributed by atoms with Crippen LogP contribution in [0, 0.1) is 11.8 Å². The molecule has 18 heavy (non-hydrogen) atoms. The number of carboxylic acids is 1. The molecule has 0 radical (unpaired) electrons. The van der Waals surface area contributed by atoms with Crippen molar-refractivity contribution in [1.82, 2.24) is 20.3 Å². The van der Waals surface area contributed by atoms with Gasteiger partial charge in [-0.25, -0.2) is 4.68 Å². The zero-order valence-electron chi connectivity index (χ0n) is 10.8. The van der Waals surface area contributed by atoms with Crippen LogP contribution >= 0.6 is 0 Å². The molecule has 1 amide bonds. The fourth-order valence-corrected chi connectivity index (χ4v) is 1.28. The second-order valence-electron chi connectivity index (χ2n) is 4.55. The van der Waals surface area contributed by atoms with E-state index >= 15 is 0 Å².